The van der Waals surface area contributed by atoms with E-state index >= 15 is 0 Å². The number of benzene rings is 1. The van der Waals surface area contributed by atoms with E-state index in [4.69, 9.17) is 0 Å². The normalized spacial score (nSPS) is 12.1. The molecule has 0 amide bonds. The minimum atomic E-state index is 0.320. The first kappa shape index (κ1) is 12.4. The van der Waals surface area contributed by atoms with Crippen LogP contribution in [0.2, 0.25) is 0 Å². The van der Waals surface area contributed by atoms with Crippen molar-refractivity contribution in [3.8, 4) is 5.75 Å². The van der Waals surface area contributed by atoms with Gasteiger partial charge in [0.2, 0.25) is 0 Å². The van der Waals surface area contributed by atoms with Crippen LogP contribution in [-0.2, 0) is 6.42 Å². The molecule has 0 saturated heterocycles. The van der Waals surface area contributed by atoms with Crippen LogP contribution in [0.15, 0.2) is 48.8 Å². The molecule has 0 bridgehead atoms. The average molecular weight is 242 g/mol. The Morgan fingerprint density at radius 2 is 2.00 bits per heavy atom. The van der Waals surface area contributed by atoms with Gasteiger partial charge >= 0.3 is 0 Å². The Kier molecular flexibility index (Phi) is 4.18. The van der Waals surface area contributed by atoms with Crippen molar-refractivity contribution in [2.45, 2.75) is 25.8 Å². The molecule has 1 unspecified atom stereocenters. The van der Waals surface area contributed by atoms with Crippen LogP contribution in [0.5, 0.6) is 5.75 Å². The summed E-state index contributed by atoms with van der Waals surface area (Å²) in [6.07, 6.45) is 5.64. The summed E-state index contributed by atoms with van der Waals surface area (Å²) in [5.41, 5.74) is 2.29. The largest absolute Gasteiger partial charge is 0.508 e. The molecule has 0 radical (unpaired) electrons. The van der Waals surface area contributed by atoms with Crippen LogP contribution < -0.4 is 5.32 Å². The van der Waals surface area contributed by atoms with E-state index in [9.17, 15) is 5.11 Å². The van der Waals surface area contributed by atoms with E-state index in [0.29, 0.717) is 11.8 Å². The fraction of sp³-hybridized carbons (Fsp3) is 0.267. The highest BCUT2D eigenvalue weighted by Crippen LogP contribution is 2.13. The Hall–Kier alpha value is -2.03. The van der Waals surface area contributed by atoms with E-state index in [-0.39, 0.29) is 0 Å². The second-order valence-electron chi connectivity index (χ2n) is 4.49. The van der Waals surface area contributed by atoms with Gasteiger partial charge in [0.1, 0.15) is 5.75 Å². The van der Waals surface area contributed by atoms with Crippen LogP contribution in [-0.4, -0.2) is 16.1 Å². The standard InChI is InChI=1S/C15H18N2O/c1-12(17-14-3-2-10-16-11-14)4-5-13-6-8-15(18)9-7-13/h2-3,6-12,17-18H,4-5H2,1H3. The summed E-state index contributed by atoms with van der Waals surface area (Å²) >= 11 is 0. The highest BCUT2D eigenvalue weighted by Gasteiger charge is 2.02. The molecule has 0 aliphatic rings. The van der Waals surface area contributed by atoms with Gasteiger partial charge < -0.3 is 10.4 Å². The Morgan fingerprint density at radius 3 is 2.67 bits per heavy atom. The van der Waals surface area contributed by atoms with Crippen LogP contribution in [0.4, 0.5) is 5.69 Å². The predicted octanol–water partition coefficient (Wildman–Crippen LogP) is 3.22. The van der Waals surface area contributed by atoms with Crippen LogP contribution in [0, 0.1) is 0 Å². The molecule has 1 heterocycles. The van der Waals surface area contributed by atoms with Crippen molar-refractivity contribution in [3.05, 3.63) is 54.4 Å². The zero-order valence-corrected chi connectivity index (χ0v) is 10.5. The summed E-state index contributed by atoms with van der Waals surface area (Å²) in [5, 5.41) is 12.6. The monoisotopic (exact) mass is 242 g/mol. The fourth-order valence-corrected chi connectivity index (χ4v) is 1.85. The Balaban J connectivity index is 1.81. The third kappa shape index (κ3) is 3.77. The lowest BCUT2D eigenvalue weighted by molar-refractivity contribution is 0.475. The summed E-state index contributed by atoms with van der Waals surface area (Å²) in [6, 6.07) is 11.7. The summed E-state index contributed by atoms with van der Waals surface area (Å²) in [6.45, 7) is 2.16. The lowest BCUT2D eigenvalue weighted by Crippen LogP contribution is -2.15. The molecule has 3 nitrogen and oxygen atoms in total. The number of pyridine rings is 1. The molecular formula is C15H18N2O. The number of hydrogen-bond donors (Lipinski definition) is 2. The van der Waals surface area contributed by atoms with Gasteiger partial charge in [0, 0.05) is 18.4 Å². The van der Waals surface area contributed by atoms with E-state index in [0.717, 1.165) is 18.5 Å². The van der Waals surface area contributed by atoms with Gasteiger partial charge in [-0.1, -0.05) is 12.1 Å². The van der Waals surface area contributed by atoms with E-state index in [1.165, 1.54) is 5.56 Å². The summed E-state index contributed by atoms with van der Waals surface area (Å²) in [4.78, 5) is 4.08. The van der Waals surface area contributed by atoms with Gasteiger partial charge in [0.05, 0.1) is 5.69 Å². The topological polar surface area (TPSA) is 45.1 Å². The van der Waals surface area contributed by atoms with Gasteiger partial charge in [0.15, 0.2) is 0 Å². The SMILES string of the molecule is CC(CCc1ccc(O)cc1)Nc1cccnc1. The molecule has 0 saturated carbocycles. The Labute approximate surface area is 108 Å². The number of aromatic nitrogens is 1. The molecule has 0 fully saturated rings. The molecule has 0 aliphatic heterocycles. The van der Waals surface area contributed by atoms with Crippen molar-refractivity contribution in [1.29, 1.82) is 0 Å². The molecule has 2 aromatic rings. The smallest absolute Gasteiger partial charge is 0.115 e. The Morgan fingerprint density at radius 1 is 1.22 bits per heavy atom. The highest BCUT2D eigenvalue weighted by molar-refractivity contribution is 5.40. The van der Waals surface area contributed by atoms with Crippen LogP contribution in [0.25, 0.3) is 0 Å². The summed E-state index contributed by atoms with van der Waals surface area (Å²) in [5.74, 6) is 0.320. The first-order valence-corrected chi connectivity index (χ1v) is 6.18. The molecule has 2 N–H and O–H groups in total. The molecule has 94 valence electrons. The maximum atomic E-state index is 9.21. The minimum absolute atomic E-state index is 0.320. The molecular weight excluding hydrogens is 224 g/mol. The van der Waals surface area contributed by atoms with Crippen molar-refractivity contribution in [1.82, 2.24) is 4.98 Å². The van der Waals surface area contributed by atoms with E-state index in [1.54, 1.807) is 18.3 Å². The predicted molar refractivity (Wildman–Crippen MR) is 73.7 cm³/mol. The third-order valence-electron chi connectivity index (χ3n) is 2.88. The Bertz CT molecular complexity index is 468. The van der Waals surface area contributed by atoms with Gasteiger partial charge in [-0.3, -0.25) is 4.98 Å². The molecule has 1 aromatic heterocycles. The number of nitrogens with zero attached hydrogens (tertiary/aromatic N) is 1. The third-order valence-corrected chi connectivity index (χ3v) is 2.88. The minimum Gasteiger partial charge on any atom is -0.508 e. The van der Waals surface area contributed by atoms with Gasteiger partial charge in [0.25, 0.3) is 0 Å². The maximum absolute atomic E-state index is 9.21. The van der Waals surface area contributed by atoms with Crippen molar-refractivity contribution >= 4 is 5.69 Å². The molecule has 18 heavy (non-hydrogen) atoms. The van der Waals surface area contributed by atoms with Gasteiger partial charge in [-0.15, -0.1) is 0 Å². The quantitative estimate of drug-likeness (QED) is 0.846. The average Bonchev–Trinajstić information content (AvgIpc) is 2.39. The van der Waals surface area contributed by atoms with E-state index in [2.05, 4.69) is 17.2 Å². The number of aromatic hydroxyl groups is 1. The zero-order valence-electron chi connectivity index (χ0n) is 10.5. The lowest BCUT2D eigenvalue weighted by Gasteiger charge is -2.14. The van der Waals surface area contributed by atoms with Crippen LogP contribution in [0.3, 0.4) is 0 Å². The van der Waals surface area contributed by atoms with Crippen molar-refractivity contribution in [2.24, 2.45) is 0 Å². The van der Waals surface area contributed by atoms with E-state index < -0.39 is 0 Å². The number of aryl methyl sites for hydroxylation is 1. The molecule has 2 rings (SSSR count). The number of rotatable bonds is 5. The molecule has 3 heteroatoms. The molecule has 1 aromatic carbocycles. The fourth-order valence-electron chi connectivity index (χ4n) is 1.85. The second kappa shape index (κ2) is 6.05. The van der Waals surface area contributed by atoms with Crippen molar-refractivity contribution < 1.29 is 5.11 Å². The van der Waals surface area contributed by atoms with Crippen LogP contribution in [0.1, 0.15) is 18.9 Å². The summed E-state index contributed by atoms with van der Waals surface area (Å²) < 4.78 is 0. The van der Waals surface area contributed by atoms with E-state index in [1.807, 2.05) is 30.5 Å². The number of nitrogens with one attached hydrogen (secondary N) is 1. The van der Waals surface area contributed by atoms with Crippen molar-refractivity contribution in [3.63, 3.8) is 0 Å². The maximum Gasteiger partial charge on any atom is 0.115 e. The number of phenolic OH excluding ortho intramolecular Hbond substituents is 1. The lowest BCUT2D eigenvalue weighted by atomic mass is 10.1. The summed E-state index contributed by atoms with van der Waals surface area (Å²) in [7, 11) is 0. The number of phenols is 1. The molecule has 0 spiro atoms. The second-order valence-corrected chi connectivity index (χ2v) is 4.49. The highest BCUT2D eigenvalue weighted by atomic mass is 16.3. The van der Waals surface area contributed by atoms with Gasteiger partial charge in [-0.05, 0) is 49.6 Å². The molecule has 1 atom stereocenters. The number of hydrogen-bond acceptors (Lipinski definition) is 3. The van der Waals surface area contributed by atoms with Crippen LogP contribution >= 0.6 is 0 Å². The first-order chi connectivity index (χ1) is 8.74. The number of anilines is 1. The van der Waals surface area contributed by atoms with Crippen molar-refractivity contribution in [2.75, 3.05) is 5.32 Å². The molecule has 0 aliphatic carbocycles. The first-order valence-electron chi connectivity index (χ1n) is 6.18. The zero-order chi connectivity index (χ0) is 12.8. The van der Waals surface area contributed by atoms with Gasteiger partial charge in [-0.25, -0.2) is 0 Å². The van der Waals surface area contributed by atoms with Gasteiger partial charge in [-0.2, -0.15) is 0 Å².